The van der Waals surface area contributed by atoms with Crippen LogP contribution in [-0.2, 0) is 6.18 Å². The number of hydrogen-bond acceptors (Lipinski definition) is 4. The molecule has 3 rings (SSSR count). The van der Waals surface area contributed by atoms with Gasteiger partial charge in [0.05, 0.1) is 5.56 Å². The SMILES string of the molecule is CN(Sc1ccn2ccnc2c1)C(NC(F)(F)F)c1ccc(C(F)(F)F)cc1. The topological polar surface area (TPSA) is 32.6 Å². The second kappa shape index (κ2) is 7.64. The third-order valence-corrected chi connectivity index (χ3v) is 4.80. The molecule has 0 fully saturated rings. The lowest BCUT2D eigenvalue weighted by atomic mass is 10.1. The van der Waals surface area contributed by atoms with Crippen LogP contribution in [0.1, 0.15) is 17.3 Å². The van der Waals surface area contributed by atoms with Crippen molar-refractivity contribution in [1.29, 1.82) is 0 Å². The van der Waals surface area contributed by atoms with E-state index in [1.54, 1.807) is 35.1 Å². The molecule has 0 saturated heterocycles. The second-order valence-corrected chi connectivity index (χ2v) is 7.09. The number of benzene rings is 1. The summed E-state index contributed by atoms with van der Waals surface area (Å²) in [6.07, 6.45) is -5.67. The molecule has 2 aromatic heterocycles. The van der Waals surface area contributed by atoms with Crippen molar-refractivity contribution in [3.63, 3.8) is 0 Å². The van der Waals surface area contributed by atoms with Crippen LogP contribution in [0, 0.1) is 0 Å². The largest absolute Gasteiger partial charge is 0.458 e. The summed E-state index contributed by atoms with van der Waals surface area (Å²) >= 11 is 1.01. The Morgan fingerprint density at radius 2 is 1.71 bits per heavy atom. The number of nitrogens with one attached hydrogen (secondary N) is 1. The average Bonchev–Trinajstić information content (AvgIpc) is 3.06. The number of hydrogen-bond donors (Lipinski definition) is 1. The summed E-state index contributed by atoms with van der Waals surface area (Å²) in [5, 5.41) is 1.49. The molecular weight excluding hydrogens is 406 g/mol. The predicted molar refractivity (Wildman–Crippen MR) is 92.2 cm³/mol. The molecule has 0 bridgehead atoms. The van der Waals surface area contributed by atoms with Gasteiger partial charge in [0.1, 0.15) is 11.8 Å². The molecule has 28 heavy (non-hydrogen) atoms. The van der Waals surface area contributed by atoms with E-state index in [1.807, 2.05) is 0 Å². The predicted octanol–water partition coefficient (Wildman–Crippen LogP) is 5.10. The lowest BCUT2D eigenvalue weighted by Gasteiger charge is -2.29. The van der Waals surface area contributed by atoms with Crippen LogP contribution in [0.3, 0.4) is 0 Å². The van der Waals surface area contributed by atoms with Gasteiger partial charge in [0, 0.05) is 23.5 Å². The van der Waals surface area contributed by atoms with Crippen LogP contribution in [0.4, 0.5) is 26.3 Å². The molecular formula is C17H14F6N4S. The molecule has 4 nitrogen and oxygen atoms in total. The first kappa shape index (κ1) is 20.5. The van der Waals surface area contributed by atoms with Gasteiger partial charge in [0.25, 0.3) is 0 Å². The van der Waals surface area contributed by atoms with Gasteiger partial charge in [-0.05, 0) is 48.8 Å². The number of nitrogens with zero attached hydrogens (tertiary/aromatic N) is 3. The Morgan fingerprint density at radius 1 is 1.04 bits per heavy atom. The molecule has 0 aliphatic rings. The zero-order chi connectivity index (χ0) is 20.5. The fraction of sp³-hybridized carbons (Fsp3) is 0.235. The minimum absolute atomic E-state index is 0.0437. The van der Waals surface area contributed by atoms with Gasteiger partial charge < -0.3 is 4.40 Å². The van der Waals surface area contributed by atoms with Crippen molar-refractivity contribution in [3.8, 4) is 0 Å². The molecule has 0 radical (unpaired) electrons. The van der Waals surface area contributed by atoms with Crippen molar-refractivity contribution in [2.45, 2.75) is 23.5 Å². The van der Waals surface area contributed by atoms with Crippen LogP contribution < -0.4 is 5.32 Å². The quantitative estimate of drug-likeness (QED) is 0.269. The standard InChI is InChI=1S/C17H14F6N4S/c1-26(28-13-6-8-27-9-7-24-14(27)10-13)15(25-17(21,22)23)11-2-4-12(5-3-11)16(18,19)20/h2-10,15,25H,1H3. The maximum Gasteiger partial charge on any atom is 0.458 e. The smallest absolute Gasteiger partial charge is 0.307 e. The van der Waals surface area contributed by atoms with Crippen LogP contribution in [0.25, 0.3) is 5.65 Å². The molecule has 1 N–H and O–H groups in total. The van der Waals surface area contributed by atoms with E-state index in [-0.39, 0.29) is 5.56 Å². The highest BCUT2D eigenvalue weighted by molar-refractivity contribution is 7.97. The van der Waals surface area contributed by atoms with Crippen molar-refractivity contribution < 1.29 is 26.3 Å². The van der Waals surface area contributed by atoms with Crippen LogP contribution in [-0.4, -0.2) is 27.0 Å². The lowest BCUT2D eigenvalue weighted by molar-refractivity contribution is -0.170. The van der Waals surface area contributed by atoms with Crippen molar-refractivity contribution in [2.75, 3.05) is 7.05 Å². The Hall–Kier alpha value is -2.24. The van der Waals surface area contributed by atoms with Crippen LogP contribution in [0.5, 0.6) is 0 Å². The molecule has 150 valence electrons. The van der Waals surface area contributed by atoms with Gasteiger partial charge in [-0.3, -0.25) is 0 Å². The molecule has 2 heterocycles. The number of halogens is 6. The first-order valence-corrected chi connectivity index (χ1v) is 8.65. The molecule has 1 aromatic carbocycles. The van der Waals surface area contributed by atoms with Gasteiger partial charge >= 0.3 is 12.5 Å². The second-order valence-electron chi connectivity index (χ2n) is 5.86. The lowest BCUT2D eigenvalue weighted by Crippen LogP contribution is -2.41. The molecule has 3 aromatic rings. The van der Waals surface area contributed by atoms with Gasteiger partial charge in [-0.25, -0.2) is 14.6 Å². The summed E-state index contributed by atoms with van der Waals surface area (Å²) in [4.78, 5) is 4.74. The van der Waals surface area contributed by atoms with Crippen LogP contribution in [0.15, 0.2) is 59.9 Å². The monoisotopic (exact) mass is 420 g/mol. The molecule has 0 saturated carbocycles. The van der Waals surface area contributed by atoms with Crippen LogP contribution in [0.2, 0.25) is 0 Å². The van der Waals surface area contributed by atoms with Crippen molar-refractivity contribution in [1.82, 2.24) is 19.0 Å². The fourth-order valence-corrected chi connectivity index (χ4v) is 3.45. The minimum atomic E-state index is -4.73. The zero-order valence-electron chi connectivity index (χ0n) is 14.3. The number of rotatable bonds is 5. The highest BCUT2D eigenvalue weighted by Crippen LogP contribution is 2.34. The van der Waals surface area contributed by atoms with E-state index in [4.69, 9.17) is 0 Å². The zero-order valence-corrected chi connectivity index (χ0v) is 15.1. The summed E-state index contributed by atoms with van der Waals surface area (Å²) < 4.78 is 80.1. The van der Waals surface area contributed by atoms with E-state index >= 15 is 0 Å². The summed E-state index contributed by atoms with van der Waals surface area (Å²) in [6, 6.07) is 6.97. The molecule has 0 aliphatic heterocycles. The van der Waals surface area contributed by atoms with E-state index in [1.165, 1.54) is 16.7 Å². The number of aromatic nitrogens is 2. The number of pyridine rings is 1. The highest BCUT2D eigenvalue weighted by Gasteiger charge is 2.35. The third kappa shape index (κ3) is 4.97. The Balaban J connectivity index is 1.85. The highest BCUT2D eigenvalue weighted by atomic mass is 32.2. The van der Waals surface area contributed by atoms with Gasteiger partial charge in [-0.1, -0.05) is 12.1 Å². The van der Waals surface area contributed by atoms with E-state index < -0.39 is 24.2 Å². The van der Waals surface area contributed by atoms with E-state index in [9.17, 15) is 26.3 Å². The fourth-order valence-electron chi connectivity index (χ4n) is 2.56. The maximum absolute atomic E-state index is 13.0. The molecule has 1 atom stereocenters. The Labute approximate surface area is 160 Å². The molecule has 0 aliphatic carbocycles. The molecule has 0 spiro atoms. The molecule has 11 heteroatoms. The maximum atomic E-state index is 13.0. The molecule has 0 amide bonds. The third-order valence-electron chi connectivity index (χ3n) is 3.84. The minimum Gasteiger partial charge on any atom is -0.307 e. The van der Waals surface area contributed by atoms with Crippen molar-refractivity contribution >= 4 is 17.6 Å². The number of fused-ring (bicyclic) bond motifs is 1. The summed E-state index contributed by atoms with van der Waals surface area (Å²) in [5.74, 6) is 0. The van der Waals surface area contributed by atoms with Crippen LogP contribution >= 0.6 is 11.9 Å². The normalized spacial score (nSPS) is 14.0. The Morgan fingerprint density at radius 3 is 2.32 bits per heavy atom. The summed E-state index contributed by atoms with van der Waals surface area (Å²) in [5.41, 5.74) is -0.266. The van der Waals surface area contributed by atoms with Gasteiger partial charge in [0.2, 0.25) is 0 Å². The van der Waals surface area contributed by atoms with Gasteiger partial charge in [0.15, 0.2) is 0 Å². The van der Waals surface area contributed by atoms with Crippen molar-refractivity contribution in [2.24, 2.45) is 0 Å². The first-order valence-electron chi connectivity index (χ1n) is 7.88. The van der Waals surface area contributed by atoms with E-state index in [0.29, 0.717) is 10.5 Å². The summed E-state index contributed by atoms with van der Waals surface area (Å²) in [6.45, 7) is 0. The Kier molecular flexibility index (Phi) is 5.60. The summed E-state index contributed by atoms with van der Waals surface area (Å²) in [7, 11) is 1.42. The number of alkyl halides is 6. The van der Waals surface area contributed by atoms with Gasteiger partial charge in [-0.2, -0.15) is 26.3 Å². The van der Waals surface area contributed by atoms with E-state index in [2.05, 4.69) is 4.98 Å². The first-order chi connectivity index (χ1) is 13.0. The number of imidazole rings is 1. The Bertz CT molecular complexity index is 935. The van der Waals surface area contributed by atoms with Gasteiger partial charge in [-0.15, -0.1) is 0 Å². The van der Waals surface area contributed by atoms with Crippen molar-refractivity contribution in [3.05, 3.63) is 66.1 Å². The van der Waals surface area contributed by atoms with E-state index in [0.717, 1.165) is 36.2 Å². The average molecular weight is 420 g/mol. The molecule has 1 unspecified atom stereocenters.